The van der Waals surface area contributed by atoms with Crippen molar-refractivity contribution in [3.8, 4) is 0 Å². The van der Waals surface area contributed by atoms with Gasteiger partial charge in [0, 0.05) is 18.0 Å². The molecular weight excluding hydrogens is 254 g/mol. The molecule has 0 spiro atoms. The lowest BCUT2D eigenvalue weighted by molar-refractivity contribution is 0.147. The number of aliphatic hydroxyl groups is 1. The highest BCUT2D eigenvalue weighted by molar-refractivity contribution is 7.09. The Balaban J connectivity index is 1.83. The summed E-state index contributed by atoms with van der Waals surface area (Å²) in [6.07, 6.45) is 0.402. The quantitative estimate of drug-likeness (QED) is 0.870. The molecule has 1 aromatic carbocycles. The fourth-order valence-corrected chi connectivity index (χ4v) is 2.99. The predicted octanol–water partition coefficient (Wildman–Crippen LogP) is 3.61. The third-order valence-corrected chi connectivity index (χ3v) is 4.20. The van der Waals surface area contributed by atoms with E-state index in [9.17, 15) is 5.11 Å². The lowest BCUT2D eigenvalue weighted by atomic mass is 10.0. The molecule has 102 valence electrons. The van der Waals surface area contributed by atoms with Crippen LogP contribution in [0.1, 0.15) is 28.5 Å². The maximum atomic E-state index is 10.3. The van der Waals surface area contributed by atoms with E-state index in [1.54, 1.807) is 11.3 Å². The van der Waals surface area contributed by atoms with E-state index in [-0.39, 0.29) is 6.10 Å². The van der Waals surface area contributed by atoms with Gasteiger partial charge in [0.1, 0.15) is 0 Å². The van der Waals surface area contributed by atoms with E-state index in [0.717, 1.165) is 30.6 Å². The lowest BCUT2D eigenvalue weighted by Gasteiger charge is -2.19. The van der Waals surface area contributed by atoms with Crippen LogP contribution in [0.3, 0.4) is 0 Å². The molecule has 0 aliphatic heterocycles. The van der Waals surface area contributed by atoms with E-state index in [2.05, 4.69) is 29.5 Å². The van der Waals surface area contributed by atoms with Crippen LogP contribution in [0.5, 0.6) is 0 Å². The normalized spacial score (nSPS) is 12.8. The van der Waals surface area contributed by atoms with Crippen LogP contribution < -0.4 is 0 Å². The highest BCUT2D eigenvalue weighted by Crippen LogP contribution is 2.21. The van der Waals surface area contributed by atoms with Gasteiger partial charge in [0.05, 0.1) is 6.10 Å². The van der Waals surface area contributed by atoms with Gasteiger partial charge in [-0.3, -0.25) is 0 Å². The van der Waals surface area contributed by atoms with Gasteiger partial charge in [-0.1, -0.05) is 30.3 Å². The summed E-state index contributed by atoms with van der Waals surface area (Å²) in [6, 6.07) is 12.3. The highest BCUT2D eigenvalue weighted by Gasteiger charge is 2.11. The summed E-state index contributed by atoms with van der Waals surface area (Å²) in [7, 11) is 2.10. The SMILES string of the molecule is Cc1ccccc1C(O)CCN(C)Cc1cccs1. The third kappa shape index (κ3) is 4.16. The van der Waals surface area contributed by atoms with E-state index in [1.165, 1.54) is 4.88 Å². The van der Waals surface area contributed by atoms with Crippen LogP contribution in [0, 0.1) is 6.92 Å². The number of hydrogen-bond donors (Lipinski definition) is 1. The first kappa shape index (κ1) is 14.3. The molecule has 0 bridgehead atoms. The largest absolute Gasteiger partial charge is 0.388 e. The highest BCUT2D eigenvalue weighted by atomic mass is 32.1. The van der Waals surface area contributed by atoms with Crippen LogP contribution in [-0.2, 0) is 6.54 Å². The van der Waals surface area contributed by atoms with Crippen LogP contribution in [0.2, 0.25) is 0 Å². The first-order chi connectivity index (χ1) is 9.16. The van der Waals surface area contributed by atoms with E-state index >= 15 is 0 Å². The molecule has 1 heterocycles. The molecule has 1 N–H and O–H groups in total. The van der Waals surface area contributed by atoms with Gasteiger partial charge in [0.15, 0.2) is 0 Å². The average Bonchev–Trinajstić information content (AvgIpc) is 2.89. The Hall–Kier alpha value is -1.16. The van der Waals surface area contributed by atoms with Crippen LogP contribution in [0.15, 0.2) is 41.8 Å². The second kappa shape index (κ2) is 6.85. The van der Waals surface area contributed by atoms with Gasteiger partial charge in [-0.2, -0.15) is 0 Å². The minimum atomic E-state index is -0.369. The monoisotopic (exact) mass is 275 g/mol. The molecule has 1 atom stereocenters. The summed E-state index contributed by atoms with van der Waals surface area (Å²) in [5.74, 6) is 0. The number of thiophene rings is 1. The molecule has 0 radical (unpaired) electrons. The number of benzene rings is 1. The van der Waals surface area contributed by atoms with Gasteiger partial charge >= 0.3 is 0 Å². The fourth-order valence-electron chi connectivity index (χ4n) is 2.21. The Kier molecular flexibility index (Phi) is 5.14. The van der Waals surface area contributed by atoms with Crippen molar-refractivity contribution < 1.29 is 5.11 Å². The molecule has 0 aliphatic carbocycles. The standard InChI is InChI=1S/C16H21NOS/c1-13-6-3-4-8-15(13)16(18)9-10-17(2)12-14-7-5-11-19-14/h3-8,11,16,18H,9-10,12H2,1-2H3. The molecule has 0 aliphatic rings. The van der Waals surface area contributed by atoms with Crippen molar-refractivity contribution in [2.75, 3.05) is 13.6 Å². The van der Waals surface area contributed by atoms with E-state index in [0.29, 0.717) is 0 Å². The summed E-state index contributed by atoms with van der Waals surface area (Å²) >= 11 is 1.78. The Morgan fingerprint density at radius 1 is 1.21 bits per heavy atom. The molecule has 3 heteroatoms. The summed E-state index contributed by atoms with van der Waals surface area (Å²) in [4.78, 5) is 3.63. The maximum absolute atomic E-state index is 10.3. The molecule has 1 unspecified atom stereocenters. The Morgan fingerprint density at radius 2 is 2.00 bits per heavy atom. The van der Waals surface area contributed by atoms with Gasteiger partial charge < -0.3 is 10.0 Å². The van der Waals surface area contributed by atoms with Gasteiger partial charge in [-0.05, 0) is 43.0 Å². The van der Waals surface area contributed by atoms with Crippen LogP contribution in [0.25, 0.3) is 0 Å². The van der Waals surface area contributed by atoms with Gasteiger partial charge in [-0.25, -0.2) is 0 Å². The summed E-state index contributed by atoms with van der Waals surface area (Å²) in [6.45, 7) is 3.90. The minimum absolute atomic E-state index is 0.369. The van der Waals surface area contributed by atoms with Crippen molar-refractivity contribution in [2.24, 2.45) is 0 Å². The molecule has 0 saturated heterocycles. The van der Waals surface area contributed by atoms with Crippen LogP contribution in [-0.4, -0.2) is 23.6 Å². The van der Waals surface area contributed by atoms with Crippen molar-refractivity contribution in [1.82, 2.24) is 4.90 Å². The van der Waals surface area contributed by atoms with Crippen molar-refractivity contribution in [1.29, 1.82) is 0 Å². The van der Waals surface area contributed by atoms with Gasteiger partial charge in [-0.15, -0.1) is 11.3 Å². The van der Waals surface area contributed by atoms with Crippen molar-refractivity contribution in [3.63, 3.8) is 0 Å². The number of rotatable bonds is 6. The fraction of sp³-hybridized carbons (Fsp3) is 0.375. The van der Waals surface area contributed by atoms with Crippen molar-refractivity contribution in [3.05, 3.63) is 57.8 Å². The summed E-state index contributed by atoms with van der Waals surface area (Å²) in [5, 5.41) is 12.4. The maximum Gasteiger partial charge on any atom is 0.0804 e. The Bertz CT molecular complexity index is 495. The Morgan fingerprint density at radius 3 is 2.68 bits per heavy atom. The zero-order chi connectivity index (χ0) is 13.7. The second-order valence-electron chi connectivity index (χ2n) is 4.98. The number of hydrogen-bond acceptors (Lipinski definition) is 3. The number of nitrogens with zero attached hydrogens (tertiary/aromatic N) is 1. The van der Waals surface area contributed by atoms with Gasteiger partial charge in [0.2, 0.25) is 0 Å². The third-order valence-electron chi connectivity index (χ3n) is 3.34. The zero-order valence-electron chi connectivity index (χ0n) is 11.5. The molecule has 0 saturated carbocycles. The van der Waals surface area contributed by atoms with Crippen molar-refractivity contribution in [2.45, 2.75) is 26.0 Å². The van der Waals surface area contributed by atoms with Gasteiger partial charge in [0.25, 0.3) is 0 Å². The lowest BCUT2D eigenvalue weighted by Crippen LogP contribution is -2.20. The smallest absolute Gasteiger partial charge is 0.0804 e. The molecule has 2 rings (SSSR count). The van der Waals surface area contributed by atoms with E-state index in [4.69, 9.17) is 0 Å². The molecule has 19 heavy (non-hydrogen) atoms. The molecule has 0 fully saturated rings. The number of aryl methyl sites for hydroxylation is 1. The molecule has 0 amide bonds. The molecule has 2 aromatic rings. The molecular formula is C16H21NOS. The second-order valence-corrected chi connectivity index (χ2v) is 6.01. The average molecular weight is 275 g/mol. The van der Waals surface area contributed by atoms with Crippen LogP contribution in [0.4, 0.5) is 0 Å². The van der Waals surface area contributed by atoms with E-state index in [1.807, 2.05) is 31.2 Å². The predicted molar refractivity (Wildman–Crippen MR) is 81.4 cm³/mol. The number of aliphatic hydroxyl groups excluding tert-OH is 1. The molecule has 1 aromatic heterocycles. The molecule has 2 nitrogen and oxygen atoms in total. The van der Waals surface area contributed by atoms with Crippen molar-refractivity contribution >= 4 is 11.3 Å². The summed E-state index contributed by atoms with van der Waals surface area (Å²) in [5.41, 5.74) is 2.21. The van der Waals surface area contributed by atoms with Crippen LogP contribution >= 0.6 is 11.3 Å². The minimum Gasteiger partial charge on any atom is -0.388 e. The first-order valence-electron chi connectivity index (χ1n) is 6.61. The first-order valence-corrected chi connectivity index (χ1v) is 7.49. The topological polar surface area (TPSA) is 23.5 Å². The Labute approximate surface area is 119 Å². The van der Waals surface area contributed by atoms with E-state index < -0.39 is 0 Å². The summed E-state index contributed by atoms with van der Waals surface area (Å²) < 4.78 is 0. The zero-order valence-corrected chi connectivity index (χ0v) is 12.4.